The van der Waals surface area contributed by atoms with Crippen molar-refractivity contribution in [2.45, 2.75) is 25.0 Å². The number of carbonyl (C=O) groups excluding carboxylic acids is 2. The highest BCUT2D eigenvalue weighted by Gasteiger charge is 2.40. The Morgan fingerprint density at radius 2 is 2.05 bits per heavy atom. The van der Waals surface area contributed by atoms with Gasteiger partial charge in [-0.1, -0.05) is 30.3 Å². The summed E-state index contributed by atoms with van der Waals surface area (Å²) < 4.78 is 0. The zero-order valence-electron chi connectivity index (χ0n) is 11.2. The van der Waals surface area contributed by atoms with Gasteiger partial charge in [0, 0.05) is 5.75 Å². The Labute approximate surface area is 127 Å². The monoisotopic (exact) mass is 308 g/mol. The second kappa shape index (κ2) is 6.73. The van der Waals surface area contributed by atoms with Crippen LogP contribution in [0.15, 0.2) is 30.3 Å². The zero-order valence-corrected chi connectivity index (χ0v) is 12.1. The molecule has 112 valence electrons. The zero-order chi connectivity index (χ0) is 15.4. The fourth-order valence-electron chi connectivity index (χ4n) is 2.19. The van der Waals surface area contributed by atoms with Crippen molar-refractivity contribution in [3.63, 3.8) is 0 Å². The van der Waals surface area contributed by atoms with Crippen LogP contribution in [0.4, 0.5) is 0 Å². The number of carboxylic acids is 1. The minimum absolute atomic E-state index is 0.0246. The van der Waals surface area contributed by atoms with Crippen LogP contribution in [0, 0.1) is 0 Å². The van der Waals surface area contributed by atoms with Crippen LogP contribution in [0.3, 0.4) is 0 Å². The molecule has 0 spiro atoms. The Morgan fingerprint density at radius 1 is 1.38 bits per heavy atom. The molecule has 21 heavy (non-hydrogen) atoms. The molecular weight excluding hydrogens is 292 g/mol. The number of benzene rings is 1. The van der Waals surface area contributed by atoms with Gasteiger partial charge in [0.05, 0.1) is 19.0 Å². The molecule has 0 saturated carbocycles. The van der Waals surface area contributed by atoms with Crippen LogP contribution in [0.5, 0.6) is 0 Å². The lowest BCUT2D eigenvalue weighted by atomic mass is 10.2. The largest absolute Gasteiger partial charge is 0.480 e. The Morgan fingerprint density at radius 3 is 2.62 bits per heavy atom. The number of rotatable bonds is 6. The molecule has 0 unspecified atom stereocenters. The van der Waals surface area contributed by atoms with Crippen molar-refractivity contribution in [3.05, 3.63) is 35.9 Å². The van der Waals surface area contributed by atoms with Crippen molar-refractivity contribution in [1.29, 1.82) is 0 Å². The second-order valence-corrected chi connectivity index (χ2v) is 5.17. The highest BCUT2D eigenvalue weighted by atomic mass is 32.1. The van der Waals surface area contributed by atoms with Crippen LogP contribution < -0.4 is 5.32 Å². The number of nitrogens with zero attached hydrogens (tertiary/aromatic N) is 1. The van der Waals surface area contributed by atoms with Crippen molar-refractivity contribution >= 4 is 30.4 Å². The molecule has 1 aromatic carbocycles. The summed E-state index contributed by atoms with van der Waals surface area (Å²) in [6.07, 6.45) is -0.0246. The van der Waals surface area contributed by atoms with Gasteiger partial charge in [0.2, 0.25) is 11.8 Å². The van der Waals surface area contributed by atoms with E-state index in [9.17, 15) is 14.4 Å². The number of hydrogen-bond donors (Lipinski definition) is 3. The third-order valence-corrected chi connectivity index (χ3v) is 3.68. The molecule has 0 radical (unpaired) electrons. The van der Waals surface area contributed by atoms with Crippen molar-refractivity contribution in [2.24, 2.45) is 0 Å². The van der Waals surface area contributed by atoms with Gasteiger partial charge >= 0.3 is 5.97 Å². The van der Waals surface area contributed by atoms with E-state index in [-0.39, 0.29) is 24.6 Å². The van der Waals surface area contributed by atoms with Gasteiger partial charge < -0.3 is 5.11 Å². The summed E-state index contributed by atoms with van der Waals surface area (Å²) >= 11 is 3.93. The maximum absolute atomic E-state index is 12.2. The number of imide groups is 1. The highest BCUT2D eigenvalue weighted by Crippen LogP contribution is 2.17. The number of aliphatic carboxylic acids is 1. The summed E-state index contributed by atoms with van der Waals surface area (Å²) in [7, 11) is 0. The number of carbonyl (C=O) groups is 3. The first-order chi connectivity index (χ1) is 10.0. The summed E-state index contributed by atoms with van der Waals surface area (Å²) in [4.78, 5) is 36.3. The van der Waals surface area contributed by atoms with Gasteiger partial charge in [0.25, 0.3) is 0 Å². The minimum atomic E-state index is -1.09. The van der Waals surface area contributed by atoms with Crippen LogP contribution in [0.2, 0.25) is 0 Å². The molecule has 1 fully saturated rings. The SMILES string of the molecule is O=C(O)[C@@H](CS)N[C@@H]1CC(=O)N(Cc2ccccc2)C1=O. The molecule has 7 heteroatoms. The highest BCUT2D eigenvalue weighted by molar-refractivity contribution is 7.80. The molecule has 2 rings (SSSR count). The van der Waals surface area contributed by atoms with E-state index in [1.54, 1.807) is 0 Å². The normalized spacial score (nSPS) is 19.9. The predicted molar refractivity (Wildman–Crippen MR) is 78.8 cm³/mol. The number of likely N-dealkylation sites (tertiary alicyclic amines) is 1. The summed E-state index contributed by atoms with van der Waals surface area (Å²) in [5, 5.41) is 11.6. The summed E-state index contributed by atoms with van der Waals surface area (Å²) in [6, 6.07) is 7.42. The van der Waals surface area contributed by atoms with Crippen molar-refractivity contribution in [1.82, 2.24) is 10.2 Å². The van der Waals surface area contributed by atoms with E-state index in [4.69, 9.17) is 5.11 Å². The van der Waals surface area contributed by atoms with E-state index in [1.807, 2.05) is 30.3 Å². The van der Waals surface area contributed by atoms with Gasteiger partial charge in [-0.15, -0.1) is 0 Å². The number of thiol groups is 1. The van der Waals surface area contributed by atoms with E-state index in [0.29, 0.717) is 0 Å². The van der Waals surface area contributed by atoms with Crippen LogP contribution in [0.25, 0.3) is 0 Å². The lowest BCUT2D eigenvalue weighted by molar-refractivity contribution is -0.139. The molecule has 1 saturated heterocycles. The number of carboxylic acid groups (broad SMARTS) is 1. The average Bonchev–Trinajstić information content (AvgIpc) is 2.73. The number of nitrogens with one attached hydrogen (secondary N) is 1. The predicted octanol–water partition coefficient (Wildman–Crippen LogP) is 0.287. The number of amides is 2. The third-order valence-electron chi connectivity index (χ3n) is 3.31. The van der Waals surface area contributed by atoms with E-state index < -0.39 is 24.0 Å². The van der Waals surface area contributed by atoms with Gasteiger partial charge in [-0.2, -0.15) is 12.6 Å². The van der Waals surface area contributed by atoms with Gasteiger partial charge in [0.1, 0.15) is 6.04 Å². The summed E-state index contributed by atoms with van der Waals surface area (Å²) in [6.45, 7) is 0.204. The molecule has 2 atom stereocenters. The van der Waals surface area contributed by atoms with Gasteiger partial charge in [0.15, 0.2) is 0 Å². The molecule has 0 aromatic heterocycles. The average molecular weight is 308 g/mol. The van der Waals surface area contributed by atoms with Crippen LogP contribution in [0.1, 0.15) is 12.0 Å². The Hall–Kier alpha value is -1.86. The molecule has 2 amide bonds. The smallest absolute Gasteiger partial charge is 0.321 e. The van der Waals surface area contributed by atoms with E-state index >= 15 is 0 Å². The minimum Gasteiger partial charge on any atom is -0.480 e. The quantitative estimate of drug-likeness (QED) is 0.519. The lowest BCUT2D eigenvalue weighted by Crippen LogP contribution is -2.48. The van der Waals surface area contributed by atoms with Crippen LogP contribution >= 0.6 is 12.6 Å². The van der Waals surface area contributed by atoms with Crippen molar-refractivity contribution < 1.29 is 19.5 Å². The molecule has 2 N–H and O–H groups in total. The molecular formula is C14H16N2O4S. The fourth-order valence-corrected chi connectivity index (χ4v) is 2.45. The van der Waals surface area contributed by atoms with Crippen LogP contribution in [-0.4, -0.2) is 45.6 Å². The lowest BCUT2D eigenvalue weighted by Gasteiger charge is -2.18. The molecule has 1 aliphatic rings. The Kier molecular flexibility index (Phi) is 4.98. The molecule has 0 bridgehead atoms. The first-order valence-corrected chi connectivity index (χ1v) is 7.14. The standard InChI is InChI=1S/C14H16N2O4S/c17-12-6-10(15-11(8-21)14(19)20)13(18)16(12)7-9-4-2-1-3-5-9/h1-5,10-11,15,21H,6-8H2,(H,19,20)/t10-,11-/m1/s1. The van der Waals surface area contributed by atoms with Crippen molar-refractivity contribution in [3.8, 4) is 0 Å². The summed E-state index contributed by atoms with van der Waals surface area (Å²) in [5.41, 5.74) is 0.851. The molecule has 1 aliphatic heterocycles. The van der Waals surface area contributed by atoms with Gasteiger partial charge in [-0.3, -0.25) is 24.6 Å². The topological polar surface area (TPSA) is 86.7 Å². The first kappa shape index (κ1) is 15.5. The molecule has 6 nitrogen and oxygen atoms in total. The molecule has 1 heterocycles. The first-order valence-electron chi connectivity index (χ1n) is 6.50. The van der Waals surface area contributed by atoms with Crippen LogP contribution in [-0.2, 0) is 20.9 Å². The maximum Gasteiger partial charge on any atom is 0.321 e. The third kappa shape index (κ3) is 3.62. The summed E-state index contributed by atoms with van der Waals surface area (Å²) in [5.74, 6) is -1.74. The Balaban J connectivity index is 2.04. The maximum atomic E-state index is 12.2. The van der Waals surface area contributed by atoms with Gasteiger partial charge in [-0.05, 0) is 5.56 Å². The fraction of sp³-hybridized carbons (Fsp3) is 0.357. The molecule has 0 aliphatic carbocycles. The second-order valence-electron chi connectivity index (χ2n) is 4.80. The Bertz CT molecular complexity index is 549. The van der Waals surface area contributed by atoms with E-state index in [2.05, 4.69) is 17.9 Å². The van der Waals surface area contributed by atoms with E-state index in [1.165, 1.54) is 0 Å². The number of hydrogen-bond acceptors (Lipinski definition) is 5. The van der Waals surface area contributed by atoms with Gasteiger partial charge in [-0.25, -0.2) is 0 Å². The molecule has 1 aromatic rings. The van der Waals surface area contributed by atoms with E-state index in [0.717, 1.165) is 10.5 Å². The van der Waals surface area contributed by atoms with Crippen molar-refractivity contribution in [2.75, 3.05) is 5.75 Å².